The summed E-state index contributed by atoms with van der Waals surface area (Å²) in [6, 6.07) is 16.0. The van der Waals surface area contributed by atoms with Crippen LogP contribution in [0, 0.1) is 6.92 Å². The maximum Gasteiger partial charge on any atom is 0.261 e. The van der Waals surface area contributed by atoms with E-state index in [0.29, 0.717) is 27.7 Å². The average Bonchev–Trinajstić information content (AvgIpc) is 3.12. The van der Waals surface area contributed by atoms with E-state index in [2.05, 4.69) is 41.5 Å². The number of benzene rings is 2. The number of hydrogen-bond donors (Lipinski definition) is 1. The predicted molar refractivity (Wildman–Crippen MR) is 116 cm³/mol. The molecule has 2 aromatic heterocycles. The number of nitrogens with one attached hydrogen (secondary N) is 1. The quantitative estimate of drug-likeness (QED) is 0.479. The second-order valence-corrected chi connectivity index (χ2v) is 8.05. The molecule has 0 spiro atoms. The first-order valence-electron chi connectivity index (χ1n) is 8.95. The van der Waals surface area contributed by atoms with Crippen molar-refractivity contribution < 1.29 is 9.53 Å². The molecule has 0 saturated carbocycles. The normalized spacial score (nSPS) is 11.1. The molecule has 0 radical (unpaired) electrons. The Morgan fingerprint density at radius 1 is 1.14 bits per heavy atom. The second kappa shape index (κ2) is 7.78. The second-order valence-electron chi connectivity index (χ2n) is 6.64. The van der Waals surface area contributed by atoms with Gasteiger partial charge >= 0.3 is 0 Å². The van der Waals surface area contributed by atoms with Crippen LogP contribution in [-0.4, -0.2) is 24.5 Å². The van der Waals surface area contributed by atoms with Gasteiger partial charge in [-0.2, -0.15) is 0 Å². The van der Waals surface area contributed by atoms with E-state index in [0.717, 1.165) is 22.0 Å². The molecule has 1 amide bonds. The molecule has 0 unspecified atom stereocenters. The summed E-state index contributed by atoms with van der Waals surface area (Å²) in [7, 11) is 1.58. The number of methoxy groups -OCH3 is 1. The summed E-state index contributed by atoms with van der Waals surface area (Å²) in [5.74, 6) is 0.509. The van der Waals surface area contributed by atoms with E-state index < -0.39 is 0 Å². The van der Waals surface area contributed by atoms with Gasteiger partial charge < -0.3 is 10.1 Å². The largest absolute Gasteiger partial charge is 0.495 e. The number of nitrogens with zero attached hydrogens (tertiary/aromatic N) is 1. The topological polar surface area (TPSA) is 51.2 Å². The molecule has 0 aliphatic rings. The lowest BCUT2D eigenvalue weighted by molar-refractivity contribution is 0.0958. The molecule has 142 valence electrons. The summed E-state index contributed by atoms with van der Waals surface area (Å²) >= 11 is 7.75. The van der Waals surface area contributed by atoms with E-state index in [1.165, 1.54) is 22.5 Å². The number of carbonyl (C=O) groups excluding carboxylic acids is 1. The number of fused-ring (bicyclic) bond motifs is 2. The third-order valence-corrected chi connectivity index (χ3v) is 6.05. The van der Waals surface area contributed by atoms with Crippen LogP contribution in [0.2, 0.25) is 5.02 Å². The molecule has 4 aromatic rings. The van der Waals surface area contributed by atoms with Crippen molar-refractivity contribution in [1.29, 1.82) is 0 Å². The molecule has 4 nitrogen and oxygen atoms in total. The smallest absolute Gasteiger partial charge is 0.261 e. The Labute approximate surface area is 172 Å². The highest BCUT2D eigenvalue weighted by Gasteiger charge is 2.14. The molecule has 0 aliphatic heterocycles. The summed E-state index contributed by atoms with van der Waals surface area (Å²) in [5.41, 5.74) is 3.12. The van der Waals surface area contributed by atoms with Gasteiger partial charge in [0, 0.05) is 17.3 Å². The van der Waals surface area contributed by atoms with Crippen LogP contribution in [0.4, 0.5) is 0 Å². The fourth-order valence-electron chi connectivity index (χ4n) is 3.08. The number of aromatic nitrogens is 1. The first kappa shape index (κ1) is 18.7. The molecule has 0 saturated heterocycles. The Hall–Kier alpha value is -2.63. The average molecular weight is 411 g/mol. The van der Waals surface area contributed by atoms with Gasteiger partial charge in [0.1, 0.15) is 15.6 Å². The van der Waals surface area contributed by atoms with Crippen molar-refractivity contribution in [2.75, 3.05) is 13.7 Å². The van der Waals surface area contributed by atoms with Crippen LogP contribution in [0.3, 0.4) is 0 Å². The van der Waals surface area contributed by atoms with Crippen molar-refractivity contribution in [2.24, 2.45) is 0 Å². The van der Waals surface area contributed by atoms with Crippen LogP contribution in [0.5, 0.6) is 5.75 Å². The predicted octanol–water partition coefficient (Wildman–Crippen LogP) is 5.39. The molecule has 0 aliphatic carbocycles. The maximum atomic E-state index is 12.5. The number of thiophene rings is 1. The molecule has 28 heavy (non-hydrogen) atoms. The van der Waals surface area contributed by atoms with Crippen LogP contribution in [-0.2, 0) is 6.42 Å². The van der Waals surface area contributed by atoms with Crippen molar-refractivity contribution >= 4 is 50.0 Å². The molecule has 4 rings (SSSR count). The number of amides is 1. The zero-order chi connectivity index (χ0) is 19.7. The minimum absolute atomic E-state index is 0.0807. The van der Waals surface area contributed by atoms with Gasteiger partial charge in [0.15, 0.2) is 0 Å². The summed E-state index contributed by atoms with van der Waals surface area (Å²) in [6.45, 7) is 2.66. The molecule has 0 fully saturated rings. The number of halogens is 1. The van der Waals surface area contributed by atoms with Crippen LogP contribution in [0.15, 0.2) is 48.5 Å². The van der Waals surface area contributed by atoms with E-state index in [1.807, 2.05) is 24.3 Å². The van der Waals surface area contributed by atoms with Gasteiger partial charge in [-0.1, -0.05) is 41.4 Å². The molecule has 6 heteroatoms. The van der Waals surface area contributed by atoms with Gasteiger partial charge in [0.05, 0.1) is 17.5 Å². The Morgan fingerprint density at radius 3 is 2.68 bits per heavy atom. The van der Waals surface area contributed by atoms with Gasteiger partial charge in [-0.05, 0) is 43.2 Å². The van der Waals surface area contributed by atoms with E-state index >= 15 is 0 Å². The summed E-state index contributed by atoms with van der Waals surface area (Å²) in [5, 5.41) is 5.33. The molecule has 2 heterocycles. The van der Waals surface area contributed by atoms with Gasteiger partial charge in [-0.25, -0.2) is 4.98 Å². The maximum absolute atomic E-state index is 12.5. The van der Waals surface area contributed by atoms with Crippen molar-refractivity contribution in [1.82, 2.24) is 10.3 Å². The van der Waals surface area contributed by atoms with E-state index in [4.69, 9.17) is 16.3 Å². The Kier molecular flexibility index (Phi) is 5.20. The van der Waals surface area contributed by atoms with Crippen molar-refractivity contribution in [3.63, 3.8) is 0 Å². The first-order chi connectivity index (χ1) is 13.5. The monoisotopic (exact) mass is 410 g/mol. The van der Waals surface area contributed by atoms with Crippen molar-refractivity contribution in [3.05, 3.63) is 69.6 Å². The third-order valence-electron chi connectivity index (χ3n) is 4.64. The highest BCUT2D eigenvalue weighted by molar-refractivity contribution is 7.20. The van der Waals surface area contributed by atoms with Crippen molar-refractivity contribution in [2.45, 2.75) is 13.3 Å². The van der Waals surface area contributed by atoms with Crippen LogP contribution in [0.1, 0.15) is 20.8 Å². The lowest BCUT2D eigenvalue weighted by Crippen LogP contribution is -2.24. The van der Waals surface area contributed by atoms with Gasteiger partial charge in [0.2, 0.25) is 0 Å². The standard InChI is InChI=1S/C22H19ClN2O2S/c1-13-3-5-14(6-4-13)9-10-24-21(26)18-12-16-11-15-7-8-17(27-2)19(23)20(15)25-22(16)28-18/h3-8,11-12H,9-10H2,1-2H3,(H,24,26). The molecule has 0 atom stereocenters. The SMILES string of the molecule is COc1ccc2cc3cc(C(=O)NCCc4ccc(C)cc4)sc3nc2c1Cl. The van der Waals surface area contributed by atoms with Crippen molar-refractivity contribution in [3.8, 4) is 5.75 Å². The zero-order valence-corrected chi connectivity index (χ0v) is 17.2. The molecular weight excluding hydrogens is 392 g/mol. The third kappa shape index (κ3) is 3.68. The molecule has 2 aromatic carbocycles. The minimum atomic E-state index is -0.0807. The van der Waals surface area contributed by atoms with E-state index in [-0.39, 0.29) is 5.91 Å². The Bertz CT molecular complexity index is 1170. The molecule has 1 N–H and O–H groups in total. The number of aryl methyl sites for hydroxylation is 1. The van der Waals surface area contributed by atoms with E-state index in [1.54, 1.807) is 7.11 Å². The van der Waals surface area contributed by atoms with Gasteiger partial charge in [-0.15, -0.1) is 11.3 Å². The number of pyridine rings is 1. The summed E-state index contributed by atoms with van der Waals surface area (Å²) in [6.07, 6.45) is 0.800. The number of ether oxygens (including phenoxy) is 1. The summed E-state index contributed by atoms with van der Waals surface area (Å²) < 4.78 is 5.26. The molecule has 0 bridgehead atoms. The fraction of sp³-hybridized carbons (Fsp3) is 0.182. The fourth-order valence-corrected chi connectivity index (χ4v) is 4.30. The number of rotatable bonds is 5. The lowest BCUT2D eigenvalue weighted by atomic mass is 10.1. The lowest BCUT2D eigenvalue weighted by Gasteiger charge is -2.05. The van der Waals surface area contributed by atoms with Gasteiger partial charge in [0.25, 0.3) is 5.91 Å². The minimum Gasteiger partial charge on any atom is -0.495 e. The van der Waals surface area contributed by atoms with E-state index in [9.17, 15) is 4.79 Å². The first-order valence-corrected chi connectivity index (χ1v) is 10.1. The molecular formula is C22H19ClN2O2S. The highest BCUT2D eigenvalue weighted by Crippen LogP contribution is 2.35. The Morgan fingerprint density at radius 2 is 1.93 bits per heavy atom. The summed E-state index contributed by atoms with van der Waals surface area (Å²) in [4.78, 5) is 18.6. The Balaban J connectivity index is 1.53. The van der Waals surface area contributed by atoms with Crippen LogP contribution >= 0.6 is 22.9 Å². The number of carbonyl (C=O) groups is 1. The van der Waals surface area contributed by atoms with Crippen LogP contribution < -0.4 is 10.1 Å². The van der Waals surface area contributed by atoms with Gasteiger partial charge in [-0.3, -0.25) is 4.79 Å². The van der Waals surface area contributed by atoms with Crippen LogP contribution in [0.25, 0.3) is 21.1 Å². The number of hydrogen-bond acceptors (Lipinski definition) is 4. The zero-order valence-electron chi connectivity index (χ0n) is 15.6. The highest BCUT2D eigenvalue weighted by atomic mass is 35.5.